The van der Waals surface area contributed by atoms with Gasteiger partial charge >= 0.3 is 5.97 Å². The van der Waals surface area contributed by atoms with Crippen LogP contribution >= 0.6 is 0 Å². The summed E-state index contributed by atoms with van der Waals surface area (Å²) < 4.78 is 0. The summed E-state index contributed by atoms with van der Waals surface area (Å²) >= 11 is 0. The molecule has 1 aromatic heterocycles. The number of aromatic carboxylic acids is 1. The Hall–Kier alpha value is -1.78. The summed E-state index contributed by atoms with van der Waals surface area (Å²) in [5.74, 6) is 0.421. The van der Waals surface area contributed by atoms with Crippen molar-refractivity contribution in [3.05, 3.63) is 17.8 Å². The number of nitrogens with two attached hydrogens (primary N) is 1. The van der Waals surface area contributed by atoms with Gasteiger partial charge in [0.05, 0.1) is 17.4 Å². The number of aromatic nitrogens is 1. The number of hydrogen-bond donors (Lipinski definition) is 2. The van der Waals surface area contributed by atoms with Crippen molar-refractivity contribution in [3.8, 4) is 0 Å². The van der Waals surface area contributed by atoms with Crippen LogP contribution in [0.25, 0.3) is 0 Å². The highest BCUT2D eigenvalue weighted by atomic mass is 16.4. The molecule has 18 heavy (non-hydrogen) atoms. The van der Waals surface area contributed by atoms with Gasteiger partial charge in [0.1, 0.15) is 5.82 Å². The number of hydrogen-bond acceptors (Lipinski definition) is 4. The van der Waals surface area contributed by atoms with Crippen LogP contribution in [0.3, 0.4) is 0 Å². The molecule has 1 aromatic rings. The second kappa shape index (κ2) is 5.25. The van der Waals surface area contributed by atoms with Crippen LogP contribution in [0.5, 0.6) is 0 Å². The van der Waals surface area contributed by atoms with Crippen LogP contribution in [0.4, 0.5) is 11.5 Å². The fraction of sp³-hybridized carbons (Fsp3) is 0.538. The van der Waals surface area contributed by atoms with Gasteiger partial charge in [0.25, 0.3) is 0 Å². The Morgan fingerprint density at radius 2 is 2.33 bits per heavy atom. The molecule has 1 aliphatic carbocycles. The van der Waals surface area contributed by atoms with Crippen LogP contribution in [0, 0.1) is 5.92 Å². The van der Waals surface area contributed by atoms with Crippen molar-refractivity contribution in [1.82, 2.24) is 4.98 Å². The third kappa shape index (κ3) is 2.55. The van der Waals surface area contributed by atoms with Gasteiger partial charge < -0.3 is 15.7 Å². The fourth-order valence-electron chi connectivity index (χ4n) is 2.18. The smallest absolute Gasteiger partial charge is 0.337 e. The predicted molar refractivity (Wildman–Crippen MR) is 70.8 cm³/mol. The maximum Gasteiger partial charge on any atom is 0.337 e. The third-order valence-electron chi connectivity index (χ3n) is 3.56. The van der Waals surface area contributed by atoms with E-state index in [-0.39, 0.29) is 11.3 Å². The molecule has 1 heterocycles. The average Bonchev–Trinajstić information content (AvgIpc) is 2.29. The number of nitrogens with zero attached hydrogens (tertiary/aromatic N) is 2. The number of rotatable bonds is 5. The van der Waals surface area contributed by atoms with E-state index in [2.05, 4.69) is 16.8 Å². The van der Waals surface area contributed by atoms with Gasteiger partial charge in [0.2, 0.25) is 0 Å². The molecule has 1 aliphatic rings. The quantitative estimate of drug-likeness (QED) is 0.834. The molecule has 0 aromatic carbocycles. The third-order valence-corrected chi connectivity index (χ3v) is 3.56. The summed E-state index contributed by atoms with van der Waals surface area (Å²) in [6.07, 6.45) is 5.26. The van der Waals surface area contributed by atoms with E-state index >= 15 is 0 Å². The molecule has 0 unspecified atom stereocenters. The summed E-state index contributed by atoms with van der Waals surface area (Å²) in [4.78, 5) is 17.4. The second-order valence-electron chi connectivity index (χ2n) is 4.77. The highest BCUT2D eigenvalue weighted by molar-refractivity contribution is 5.94. The maximum absolute atomic E-state index is 11.0. The Morgan fingerprint density at radius 1 is 1.61 bits per heavy atom. The molecule has 98 valence electrons. The molecule has 5 heteroatoms. The van der Waals surface area contributed by atoms with Gasteiger partial charge in [0.15, 0.2) is 0 Å². The highest BCUT2D eigenvalue weighted by Crippen LogP contribution is 2.29. The largest absolute Gasteiger partial charge is 0.478 e. The van der Waals surface area contributed by atoms with Crippen LogP contribution in [-0.4, -0.2) is 29.1 Å². The van der Waals surface area contributed by atoms with Crippen molar-refractivity contribution in [1.29, 1.82) is 0 Å². The lowest BCUT2D eigenvalue weighted by Gasteiger charge is -2.32. The van der Waals surface area contributed by atoms with Crippen LogP contribution in [0.1, 0.15) is 36.5 Å². The SMILES string of the molecule is CCN(CC1CCC1)c1cc(C(=O)O)c(N)cn1. The molecule has 0 spiro atoms. The first-order valence-corrected chi connectivity index (χ1v) is 6.35. The first-order chi connectivity index (χ1) is 8.61. The number of pyridine rings is 1. The van der Waals surface area contributed by atoms with Gasteiger partial charge in [-0.2, -0.15) is 0 Å². The van der Waals surface area contributed by atoms with E-state index in [9.17, 15) is 4.79 Å². The topological polar surface area (TPSA) is 79.5 Å². The van der Waals surface area contributed by atoms with E-state index in [1.807, 2.05) is 0 Å². The summed E-state index contributed by atoms with van der Waals surface area (Å²) in [7, 11) is 0. The van der Waals surface area contributed by atoms with Gasteiger partial charge in [-0.25, -0.2) is 9.78 Å². The fourth-order valence-corrected chi connectivity index (χ4v) is 2.18. The first kappa shape index (κ1) is 12.7. The zero-order valence-corrected chi connectivity index (χ0v) is 10.6. The summed E-state index contributed by atoms with van der Waals surface area (Å²) in [5.41, 5.74) is 5.95. The van der Waals surface area contributed by atoms with Gasteiger partial charge in [-0.3, -0.25) is 0 Å². The predicted octanol–water partition coefficient (Wildman–Crippen LogP) is 1.99. The van der Waals surface area contributed by atoms with Crippen molar-refractivity contribution in [2.45, 2.75) is 26.2 Å². The summed E-state index contributed by atoms with van der Waals surface area (Å²) in [6.45, 7) is 3.83. The Bertz CT molecular complexity index is 444. The zero-order chi connectivity index (χ0) is 13.1. The molecule has 1 saturated carbocycles. The number of carboxylic acid groups (broad SMARTS) is 1. The molecule has 0 bridgehead atoms. The monoisotopic (exact) mass is 249 g/mol. The van der Waals surface area contributed by atoms with Crippen molar-refractivity contribution in [3.63, 3.8) is 0 Å². The van der Waals surface area contributed by atoms with Crippen molar-refractivity contribution in [2.75, 3.05) is 23.7 Å². The Kier molecular flexibility index (Phi) is 3.69. The second-order valence-corrected chi connectivity index (χ2v) is 4.77. The number of carboxylic acids is 1. The van der Waals surface area contributed by atoms with Gasteiger partial charge in [-0.05, 0) is 31.7 Å². The molecule has 0 saturated heterocycles. The highest BCUT2D eigenvalue weighted by Gasteiger charge is 2.21. The number of carbonyl (C=O) groups is 1. The lowest BCUT2D eigenvalue weighted by molar-refractivity contribution is 0.0698. The molecule has 0 aliphatic heterocycles. The van der Waals surface area contributed by atoms with E-state index in [0.717, 1.165) is 19.0 Å². The normalized spacial score (nSPS) is 15.2. The van der Waals surface area contributed by atoms with Crippen LogP contribution < -0.4 is 10.6 Å². The van der Waals surface area contributed by atoms with Gasteiger partial charge in [-0.15, -0.1) is 0 Å². The van der Waals surface area contributed by atoms with Gasteiger partial charge in [-0.1, -0.05) is 6.42 Å². The van der Waals surface area contributed by atoms with E-state index < -0.39 is 5.97 Å². The lowest BCUT2D eigenvalue weighted by atomic mass is 9.85. The molecule has 3 N–H and O–H groups in total. The van der Waals surface area contributed by atoms with E-state index in [1.165, 1.54) is 25.5 Å². The first-order valence-electron chi connectivity index (χ1n) is 6.35. The summed E-state index contributed by atoms with van der Waals surface area (Å²) in [5, 5.41) is 9.06. The molecule has 2 rings (SSSR count). The zero-order valence-electron chi connectivity index (χ0n) is 10.6. The van der Waals surface area contributed by atoms with Crippen molar-refractivity contribution < 1.29 is 9.90 Å². The average molecular weight is 249 g/mol. The van der Waals surface area contributed by atoms with E-state index in [0.29, 0.717) is 5.82 Å². The van der Waals surface area contributed by atoms with E-state index in [4.69, 9.17) is 10.8 Å². The van der Waals surface area contributed by atoms with Crippen LogP contribution in [0.15, 0.2) is 12.3 Å². The molecule has 0 radical (unpaired) electrons. The van der Waals surface area contributed by atoms with Crippen molar-refractivity contribution >= 4 is 17.5 Å². The van der Waals surface area contributed by atoms with Crippen LogP contribution in [-0.2, 0) is 0 Å². The standard InChI is InChI=1S/C13H19N3O2/c1-2-16(8-9-4-3-5-9)12-6-10(13(17)18)11(14)7-15-12/h6-7,9H,2-5,8,14H2,1H3,(H,17,18). The minimum Gasteiger partial charge on any atom is -0.478 e. The number of nitrogen functional groups attached to an aromatic ring is 1. The minimum absolute atomic E-state index is 0.132. The van der Waals surface area contributed by atoms with E-state index in [1.54, 1.807) is 6.07 Å². The number of anilines is 2. The Morgan fingerprint density at radius 3 is 2.83 bits per heavy atom. The summed E-state index contributed by atoms with van der Waals surface area (Å²) in [6, 6.07) is 1.57. The molecule has 5 nitrogen and oxygen atoms in total. The van der Waals surface area contributed by atoms with Gasteiger partial charge in [0, 0.05) is 13.1 Å². The molecular weight excluding hydrogens is 230 g/mol. The molecule has 0 atom stereocenters. The molecule has 1 fully saturated rings. The Balaban J connectivity index is 2.19. The Labute approximate surface area is 107 Å². The molecular formula is C13H19N3O2. The van der Waals surface area contributed by atoms with Crippen molar-refractivity contribution in [2.24, 2.45) is 5.92 Å². The minimum atomic E-state index is -1.00. The lowest BCUT2D eigenvalue weighted by Crippen LogP contribution is -2.33. The molecule has 0 amide bonds. The van der Waals surface area contributed by atoms with Crippen LogP contribution in [0.2, 0.25) is 0 Å². The maximum atomic E-state index is 11.0.